The normalized spacial score (nSPS) is 20.3. The van der Waals surface area contributed by atoms with Crippen molar-refractivity contribution < 1.29 is 4.79 Å². The molecule has 24 heavy (non-hydrogen) atoms. The first-order valence-electron chi connectivity index (χ1n) is 8.82. The monoisotopic (exact) mass is 322 g/mol. The van der Waals surface area contributed by atoms with Crippen molar-refractivity contribution in [3.05, 3.63) is 65.7 Å². The van der Waals surface area contributed by atoms with Crippen molar-refractivity contribution >= 4 is 11.6 Å². The molecule has 0 spiro atoms. The van der Waals surface area contributed by atoms with Gasteiger partial charge in [0.15, 0.2) is 0 Å². The van der Waals surface area contributed by atoms with E-state index in [-0.39, 0.29) is 5.91 Å². The van der Waals surface area contributed by atoms with Gasteiger partial charge in [-0.15, -0.1) is 0 Å². The van der Waals surface area contributed by atoms with Crippen LogP contribution in [0, 0.1) is 5.92 Å². The molecule has 1 fully saturated rings. The molecule has 0 bridgehead atoms. The Balaban J connectivity index is 1.55. The van der Waals surface area contributed by atoms with Crippen LogP contribution in [0.25, 0.3) is 0 Å². The second kappa shape index (κ2) is 7.52. The lowest BCUT2D eigenvalue weighted by Crippen LogP contribution is -2.36. The molecule has 3 heteroatoms. The molecule has 1 amide bonds. The molecule has 126 valence electrons. The number of amides is 1. The molecular formula is C21H26N2O. The lowest BCUT2D eigenvalue weighted by Gasteiger charge is -2.25. The molecule has 1 aliphatic rings. The van der Waals surface area contributed by atoms with E-state index >= 15 is 0 Å². The Labute approximate surface area is 144 Å². The summed E-state index contributed by atoms with van der Waals surface area (Å²) in [6.45, 7) is 3.07. The summed E-state index contributed by atoms with van der Waals surface area (Å²) in [4.78, 5) is 14.7. The van der Waals surface area contributed by atoms with E-state index < -0.39 is 0 Å². The number of benzene rings is 2. The second-order valence-corrected chi connectivity index (χ2v) is 6.77. The highest BCUT2D eigenvalue weighted by Crippen LogP contribution is 2.28. The zero-order valence-electron chi connectivity index (χ0n) is 14.3. The van der Waals surface area contributed by atoms with Crippen LogP contribution >= 0.6 is 0 Å². The zero-order chi connectivity index (χ0) is 16.9. The van der Waals surface area contributed by atoms with Gasteiger partial charge < -0.3 is 10.6 Å². The molecule has 0 aliphatic carbocycles. The van der Waals surface area contributed by atoms with Crippen LogP contribution in [-0.2, 0) is 17.6 Å². The van der Waals surface area contributed by atoms with Gasteiger partial charge in [0, 0.05) is 24.7 Å². The Bertz CT molecular complexity index is 683. The topological polar surface area (TPSA) is 46.3 Å². The Morgan fingerprint density at radius 2 is 1.83 bits per heavy atom. The van der Waals surface area contributed by atoms with E-state index in [1.165, 1.54) is 5.56 Å². The van der Waals surface area contributed by atoms with Crippen molar-refractivity contribution in [2.75, 3.05) is 12.3 Å². The highest BCUT2D eigenvalue weighted by Gasteiger charge is 2.33. The van der Waals surface area contributed by atoms with Gasteiger partial charge >= 0.3 is 0 Å². The number of para-hydroxylation sites is 1. The number of hydrogen-bond donors (Lipinski definition) is 1. The molecule has 2 aromatic rings. The maximum Gasteiger partial charge on any atom is 0.223 e. The number of likely N-dealkylation sites (tertiary alicyclic amines) is 1. The zero-order valence-corrected chi connectivity index (χ0v) is 14.3. The molecule has 1 aliphatic heterocycles. The Kier molecular flexibility index (Phi) is 5.19. The van der Waals surface area contributed by atoms with Gasteiger partial charge in [-0.05, 0) is 49.3 Å². The Morgan fingerprint density at radius 3 is 2.58 bits per heavy atom. The lowest BCUT2D eigenvalue weighted by atomic mass is 9.93. The molecule has 0 radical (unpaired) electrons. The molecule has 2 atom stereocenters. The van der Waals surface area contributed by atoms with Crippen LogP contribution in [0.1, 0.15) is 30.9 Å². The second-order valence-electron chi connectivity index (χ2n) is 6.77. The summed E-state index contributed by atoms with van der Waals surface area (Å²) < 4.78 is 0. The first kappa shape index (κ1) is 16.6. The van der Waals surface area contributed by atoms with Gasteiger partial charge in [-0.25, -0.2) is 0 Å². The van der Waals surface area contributed by atoms with Crippen LogP contribution < -0.4 is 5.73 Å². The van der Waals surface area contributed by atoms with Gasteiger partial charge in [-0.3, -0.25) is 4.79 Å². The lowest BCUT2D eigenvalue weighted by molar-refractivity contribution is -0.132. The number of aryl methyl sites for hydroxylation is 1. The van der Waals surface area contributed by atoms with Crippen molar-refractivity contribution in [3.63, 3.8) is 0 Å². The molecule has 3 nitrogen and oxygen atoms in total. The first-order valence-corrected chi connectivity index (χ1v) is 8.82. The van der Waals surface area contributed by atoms with Crippen molar-refractivity contribution in [3.8, 4) is 0 Å². The van der Waals surface area contributed by atoms with E-state index in [4.69, 9.17) is 5.73 Å². The molecule has 2 N–H and O–H groups in total. The van der Waals surface area contributed by atoms with E-state index in [1.807, 2.05) is 30.3 Å². The molecule has 2 aromatic carbocycles. The van der Waals surface area contributed by atoms with Crippen molar-refractivity contribution in [1.29, 1.82) is 0 Å². The number of hydrogen-bond acceptors (Lipinski definition) is 2. The van der Waals surface area contributed by atoms with Crippen LogP contribution in [0.2, 0.25) is 0 Å². The maximum absolute atomic E-state index is 12.6. The van der Waals surface area contributed by atoms with Crippen molar-refractivity contribution in [2.45, 2.75) is 38.6 Å². The molecule has 2 unspecified atom stereocenters. The van der Waals surface area contributed by atoms with Crippen LogP contribution in [0.4, 0.5) is 5.69 Å². The number of nitrogen functional groups attached to an aromatic ring is 1. The first-order chi connectivity index (χ1) is 11.6. The van der Waals surface area contributed by atoms with Gasteiger partial charge in [0.25, 0.3) is 0 Å². The molecular weight excluding hydrogens is 296 g/mol. The van der Waals surface area contributed by atoms with E-state index in [2.05, 4.69) is 36.1 Å². The fourth-order valence-corrected chi connectivity index (χ4v) is 3.69. The number of nitrogens with zero attached hydrogens (tertiary/aromatic N) is 1. The number of anilines is 1. The van der Waals surface area contributed by atoms with E-state index in [0.717, 1.165) is 37.1 Å². The van der Waals surface area contributed by atoms with E-state index in [0.29, 0.717) is 18.4 Å². The third-order valence-corrected chi connectivity index (χ3v) is 5.24. The summed E-state index contributed by atoms with van der Waals surface area (Å²) >= 11 is 0. The fraction of sp³-hybridized carbons (Fsp3) is 0.381. The highest BCUT2D eigenvalue weighted by molar-refractivity contribution is 5.77. The predicted molar refractivity (Wildman–Crippen MR) is 98.6 cm³/mol. The minimum absolute atomic E-state index is 0.251. The summed E-state index contributed by atoms with van der Waals surface area (Å²) in [6.07, 6.45) is 3.40. The van der Waals surface area contributed by atoms with Gasteiger partial charge in [0.05, 0.1) is 0 Å². The molecule has 1 saturated heterocycles. The fourth-order valence-electron chi connectivity index (χ4n) is 3.69. The van der Waals surface area contributed by atoms with Crippen LogP contribution in [0.15, 0.2) is 54.6 Å². The summed E-state index contributed by atoms with van der Waals surface area (Å²) in [7, 11) is 0. The van der Waals surface area contributed by atoms with Crippen molar-refractivity contribution in [1.82, 2.24) is 4.90 Å². The summed E-state index contributed by atoms with van der Waals surface area (Å²) in [6, 6.07) is 18.7. The summed E-state index contributed by atoms with van der Waals surface area (Å²) in [5, 5.41) is 0. The quantitative estimate of drug-likeness (QED) is 0.854. The van der Waals surface area contributed by atoms with Crippen LogP contribution in [0.5, 0.6) is 0 Å². The summed E-state index contributed by atoms with van der Waals surface area (Å²) in [5.74, 6) is 0.805. The van der Waals surface area contributed by atoms with Crippen LogP contribution in [0.3, 0.4) is 0 Å². The van der Waals surface area contributed by atoms with E-state index in [1.54, 1.807) is 0 Å². The number of nitrogens with two attached hydrogens (primary N) is 1. The molecule has 1 heterocycles. The number of rotatable bonds is 5. The smallest absolute Gasteiger partial charge is 0.223 e. The standard InChI is InChI=1S/C21H26N2O/c1-16-19(15-17-7-3-2-4-8-17)13-14-23(16)21(24)12-11-18-9-5-6-10-20(18)22/h2-10,16,19H,11-15,22H2,1H3. The Morgan fingerprint density at radius 1 is 1.12 bits per heavy atom. The van der Waals surface area contributed by atoms with Gasteiger partial charge in [0.1, 0.15) is 0 Å². The number of carbonyl (C=O) groups excluding carboxylic acids is 1. The minimum Gasteiger partial charge on any atom is -0.399 e. The SMILES string of the molecule is CC1C(Cc2ccccc2)CCN1C(=O)CCc1ccccc1N. The minimum atomic E-state index is 0.251. The largest absolute Gasteiger partial charge is 0.399 e. The molecule has 0 saturated carbocycles. The average Bonchev–Trinajstić information content (AvgIpc) is 2.96. The molecule has 3 rings (SSSR count). The highest BCUT2D eigenvalue weighted by atomic mass is 16.2. The van der Waals surface area contributed by atoms with E-state index in [9.17, 15) is 4.79 Å². The predicted octanol–water partition coefficient (Wildman–Crippen LogP) is 3.68. The van der Waals surface area contributed by atoms with Gasteiger partial charge in [-0.1, -0.05) is 48.5 Å². The third-order valence-electron chi connectivity index (χ3n) is 5.24. The van der Waals surface area contributed by atoms with Crippen LogP contribution in [-0.4, -0.2) is 23.4 Å². The molecule has 0 aromatic heterocycles. The summed E-state index contributed by atoms with van der Waals surface area (Å²) in [5.41, 5.74) is 9.18. The Hall–Kier alpha value is -2.29. The number of carbonyl (C=O) groups is 1. The third kappa shape index (κ3) is 3.78. The van der Waals surface area contributed by atoms with Gasteiger partial charge in [0.2, 0.25) is 5.91 Å². The maximum atomic E-state index is 12.6. The van der Waals surface area contributed by atoms with Crippen molar-refractivity contribution in [2.24, 2.45) is 5.92 Å². The van der Waals surface area contributed by atoms with Gasteiger partial charge in [-0.2, -0.15) is 0 Å². The average molecular weight is 322 g/mol.